The number of aryl methyl sites for hydroxylation is 1. The van der Waals surface area contributed by atoms with E-state index in [9.17, 15) is 14.7 Å². The first-order valence-corrected chi connectivity index (χ1v) is 12.8. The number of Topliss-reactive ketones (excluding diaryl/α,β-unsaturated/α-hetero) is 1. The molecule has 39 heavy (non-hydrogen) atoms. The summed E-state index contributed by atoms with van der Waals surface area (Å²) in [5.41, 5.74) is 0.785. The molecule has 5 aromatic rings. The highest BCUT2D eigenvalue weighted by atomic mass is 32.1. The van der Waals surface area contributed by atoms with Crippen LogP contribution in [0.5, 0.6) is 17.2 Å². The van der Waals surface area contributed by atoms with Crippen molar-refractivity contribution in [2.24, 2.45) is 0 Å². The monoisotopic (exact) mass is 539 g/mol. The number of ketones is 1. The first kappa shape index (κ1) is 24.4. The smallest absolute Gasteiger partial charge is 0.296 e. The molecule has 0 aliphatic carbocycles. The third-order valence-corrected chi connectivity index (χ3v) is 7.12. The third kappa shape index (κ3) is 4.30. The normalized spacial score (nSPS) is 15.3. The zero-order valence-corrected chi connectivity index (χ0v) is 21.6. The Bertz CT molecular complexity index is 1760. The number of hydrogen-bond acceptors (Lipinski definition) is 9. The Labute approximate surface area is 226 Å². The Morgan fingerprint density at radius 3 is 2.51 bits per heavy atom. The molecule has 1 aliphatic rings. The predicted octanol–water partition coefficient (Wildman–Crippen LogP) is 6.18. The molecular weight excluding hydrogens is 518 g/mol. The highest BCUT2D eigenvalue weighted by molar-refractivity contribution is 7.15. The molecule has 194 valence electrons. The molecule has 1 aliphatic heterocycles. The lowest BCUT2D eigenvalue weighted by Crippen LogP contribution is -2.31. The van der Waals surface area contributed by atoms with Crippen LogP contribution in [0.4, 0.5) is 5.13 Å². The van der Waals surface area contributed by atoms with E-state index in [-0.39, 0.29) is 16.5 Å². The summed E-state index contributed by atoms with van der Waals surface area (Å²) in [7, 11) is 1.51. The molecule has 1 unspecified atom stereocenters. The first-order chi connectivity index (χ1) is 18.9. The van der Waals surface area contributed by atoms with Gasteiger partial charge in [0.1, 0.15) is 16.5 Å². The maximum Gasteiger partial charge on any atom is 0.296 e. The van der Waals surface area contributed by atoms with Crippen molar-refractivity contribution < 1.29 is 28.6 Å². The van der Waals surface area contributed by atoms with Gasteiger partial charge in [0.25, 0.3) is 5.91 Å². The number of fused-ring (bicyclic) bond motifs is 1. The number of methoxy groups -OCH3 is 1. The molecule has 9 nitrogen and oxygen atoms in total. The fraction of sp³-hybridized carbons (Fsp3) is 0.103. The standard InChI is InChI=1S/C29H21N3O6S/c1-16-30-31-29(39-16)32-24(17-8-6-12-20(14-17)37-19-10-4-3-5-11-19)23(26(34)28(32)35)25(33)22-15-18-9-7-13-21(36-2)27(18)38-22/h3-15,24,34H,1-2H3. The van der Waals surface area contributed by atoms with Crippen LogP contribution in [-0.4, -0.2) is 34.1 Å². The van der Waals surface area contributed by atoms with Crippen LogP contribution in [0.25, 0.3) is 11.0 Å². The van der Waals surface area contributed by atoms with Crippen LogP contribution >= 0.6 is 11.3 Å². The van der Waals surface area contributed by atoms with Crippen LogP contribution in [-0.2, 0) is 4.79 Å². The van der Waals surface area contributed by atoms with Gasteiger partial charge in [-0.25, -0.2) is 0 Å². The second kappa shape index (κ2) is 9.73. The summed E-state index contributed by atoms with van der Waals surface area (Å²) in [5.74, 6) is -0.545. The molecule has 2 aromatic heterocycles. The number of aliphatic hydroxyl groups is 1. The third-order valence-electron chi connectivity index (χ3n) is 6.28. The fourth-order valence-electron chi connectivity index (χ4n) is 4.55. The van der Waals surface area contributed by atoms with Crippen molar-refractivity contribution in [3.63, 3.8) is 0 Å². The number of amides is 1. The summed E-state index contributed by atoms with van der Waals surface area (Å²) in [6.07, 6.45) is 0. The lowest BCUT2D eigenvalue weighted by Gasteiger charge is -2.24. The van der Waals surface area contributed by atoms with Crippen LogP contribution in [0.15, 0.2) is 94.6 Å². The summed E-state index contributed by atoms with van der Waals surface area (Å²) in [5, 5.41) is 20.7. The average Bonchev–Trinajstić information content (AvgIpc) is 3.65. The molecule has 0 saturated carbocycles. The Morgan fingerprint density at radius 2 is 1.77 bits per heavy atom. The molecule has 10 heteroatoms. The number of hydrogen-bond donors (Lipinski definition) is 1. The van der Waals surface area contributed by atoms with Gasteiger partial charge in [0.15, 0.2) is 22.9 Å². The number of furan rings is 1. The predicted molar refractivity (Wildman–Crippen MR) is 145 cm³/mol. The van der Waals surface area contributed by atoms with Gasteiger partial charge in [-0.05, 0) is 48.9 Å². The molecule has 0 saturated heterocycles. The lowest BCUT2D eigenvalue weighted by molar-refractivity contribution is -0.117. The van der Waals surface area contributed by atoms with Crippen LogP contribution < -0.4 is 14.4 Å². The van der Waals surface area contributed by atoms with Crippen molar-refractivity contribution in [3.05, 3.63) is 107 Å². The fourth-order valence-corrected chi connectivity index (χ4v) is 5.26. The van der Waals surface area contributed by atoms with E-state index in [0.29, 0.717) is 38.8 Å². The maximum atomic E-state index is 13.9. The summed E-state index contributed by atoms with van der Waals surface area (Å²) in [6.45, 7) is 1.76. The minimum Gasteiger partial charge on any atom is -0.503 e. The zero-order chi connectivity index (χ0) is 27.1. The molecule has 6 rings (SSSR count). The Kier molecular flexibility index (Phi) is 6.08. The van der Waals surface area contributed by atoms with Gasteiger partial charge in [-0.2, -0.15) is 0 Å². The van der Waals surface area contributed by atoms with Gasteiger partial charge in [-0.15, -0.1) is 10.2 Å². The van der Waals surface area contributed by atoms with Crippen molar-refractivity contribution in [2.45, 2.75) is 13.0 Å². The molecule has 1 amide bonds. The summed E-state index contributed by atoms with van der Waals surface area (Å²) in [6, 6.07) is 22.1. The highest BCUT2D eigenvalue weighted by Gasteiger charge is 2.47. The lowest BCUT2D eigenvalue weighted by atomic mass is 9.95. The van der Waals surface area contributed by atoms with Crippen molar-refractivity contribution in [1.29, 1.82) is 0 Å². The Morgan fingerprint density at radius 1 is 1.00 bits per heavy atom. The maximum absolute atomic E-state index is 13.9. The van der Waals surface area contributed by atoms with E-state index in [1.165, 1.54) is 23.3 Å². The minimum atomic E-state index is -1.01. The number of ether oxygens (including phenoxy) is 2. The number of aliphatic hydroxyl groups excluding tert-OH is 1. The van der Waals surface area contributed by atoms with E-state index in [4.69, 9.17) is 13.9 Å². The van der Waals surface area contributed by atoms with E-state index in [0.717, 1.165) is 0 Å². The van der Waals surface area contributed by atoms with Gasteiger partial charge < -0.3 is 19.0 Å². The molecule has 1 atom stereocenters. The van der Waals surface area contributed by atoms with Crippen LogP contribution in [0.2, 0.25) is 0 Å². The van der Waals surface area contributed by atoms with E-state index in [2.05, 4.69) is 10.2 Å². The van der Waals surface area contributed by atoms with E-state index >= 15 is 0 Å². The molecule has 3 aromatic carbocycles. The van der Waals surface area contributed by atoms with E-state index < -0.39 is 23.5 Å². The Hall–Kier alpha value is -4.96. The SMILES string of the molecule is COc1cccc2cc(C(=O)C3=C(O)C(=O)N(c4nnc(C)s4)C3c3cccc(Oc4ccccc4)c3)oc12. The topological polar surface area (TPSA) is 115 Å². The van der Waals surface area contributed by atoms with E-state index in [1.54, 1.807) is 55.5 Å². The Balaban J connectivity index is 1.46. The number of aromatic nitrogens is 2. The van der Waals surface area contributed by atoms with Gasteiger partial charge in [-0.1, -0.05) is 53.8 Å². The van der Waals surface area contributed by atoms with Crippen molar-refractivity contribution in [3.8, 4) is 17.2 Å². The number of rotatable bonds is 7. The second-order valence-corrected chi connectivity index (χ2v) is 9.91. The van der Waals surface area contributed by atoms with Crippen LogP contribution in [0.3, 0.4) is 0 Å². The average molecular weight is 540 g/mol. The number of benzene rings is 3. The van der Waals surface area contributed by atoms with Gasteiger partial charge in [0, 0.05) is 5.39 Å². The summed E-state index contributed by atoms with van der Waals surface area (Å²) in [4.78, 5) is 28.6. The number of carbonyl (C=O) groups excluding carboxylic acids is 2. The van der Waals surface area contributed by atoms with Gasteiger partial charge in [0.05, 0.1) is 18.7 Å². The number of carbonyl (C=O) groups is 2. The minimum absolute atomic E-state index is 0.0409. The molecule has 0 radical (unpaired) electrons. The highest BCUT2D eigenvalue weighted by Crippen LogP contribution is 2.44. The zero-order valence-electron chi connectivity index (χ0n) is 20.8. The van der Waals surface area contributed by atoms with Crippen LogP contribution in [0.1, 0.15) is 27.2 Å². The number of para-hydroxylation sites is 2. The van der Waals surface area contributed by atoms with E-state index in [1.807, 2.05) is 30.3 Å². The molecule has 3 heterocycles. The summed E-state index contributed by atoms with van der Waals surface area (Å²) < 4.78 is 17.2. The van der Waals surface area contributed by atoms with Gasteiger partial charge >= 0.3 is 0 Å². The van der Waals surface area contributed by atoms with Gasteiger partial charge in [0.2, 0.25) is 10.9 Å². The largest absolute Gasteiger partial charge is 0.503 e. The number of nitrogens with zero attached hydrogens (tertiary/aromatic N) is 3. The molecule has 0 spiro atoms. The van der Waals surface area contributed by atoms with Crippen molar-refractivity contribution >= 4 is 39.1 Å². The molecular formula is C29H21N3O6S. The summed E-state index contributed by atoms with van der Waals surface area (Å²) >= 11 is 1.18. The number of anilines is 1. The van der Waals surface area contributed by atoms with Crippen molar-refractivity contribution in [1.82, 2.24) is 10.2 Å². The van der Waals surface area contributed by atoms with Crippen molar-refractivity contribution in [2.75, 3.05) is 12.0 Å². The quantitative estimate of drug-likeness (QED) is 0.244. The molecule has 0 fully saturated rings. The molecule has 1 N–H and O–H groups in total. The second-order valence-electron chi connectivity index (χ2n) is 8.75. The molecule has 0 bridgehead atoms. The van der Waals surface area contributed by atoms with Crippen LogP contribution in [0, 0.1) is 6.92 Å². The first-order valence-electron chi connectivity index (χ1n) is 12.0. The van der Waals surface area contributed by atoms with Gasteiger partial charge in [-0.3, -0.25) is 14.5 Å².